The Hall–Kier alpha value is -3.62. The van der Waals surface area contributed by atoms with Gasteiger partial charge in [0, 0.05) is 17.7 Å². The van der Waals surface area contributed by atoms with Gasteiger partial charge in [0.25, 0.3) is 5.89 Å². The predicted molar refractivity (Wildman–Crippen MR) is 105 cm³/mol. The van der Waals surface area contributed by atoms with Gasteiger partial charge >= 0.3 is 0 Å². The largest absolute Gasteiger partial charge is 0.349 e. The van der Waals surface area contributed by atoms with E-state index in [0.29, 0.717) is 23.3 Å². The number of rotatable bonds is 6. The molecule has 1 aliphatic rings. The molecule has 3 aromatic heterocycles. The van der Waals surface area contributed by atoms with Gasteiger partial charge in [0.1, 0.15) is 11.6 Å². The molecule has 1 aromatic carbocycles. The number of benzene rings is 1. The predicted octanol–water partition coefficient (Wildman–Crippen LogP) is 3.22. The lowest BCUT2D eigenvalue weighted by Crippen LogP contribution is -2.28. The number of nitrogens with one attached hydrogen (secondary N) is 1. The third-order valence-electron chi connectivity index (χ3n) is 5.18. The quantitative estimate of drug-likeness (QED) is 0.528. The molecule has 1 N–H and O–H groups in total. The first-order valence-electron chi connectivity index (χ1n) is 9.79. The molecule has 3 heterocycles. The Bertz CT molecular complexity index is 1210. The van der Waals surface area contributed by atoms with Crippen LogP contribution < -0.4 is 5.32 Å². The Morgan fingerprint density at radius 1 is 1.27 bits per heavy atom. The highest BCUT2D eigenvalue weighted by molar-refractivity contribution is 5.78. The number of halogens is 1. The van der Waals surface area contributed by atoms with Crippen molar-refractivity contribution in [3.8, 4) is 11.5 Å². The zero-order valence-electron chi connectivity index (χ0n) is 16.2. The first kappa shape index (κ1) is 18.4. The average Bonchev–Trinajstić information content (AvgIpc) is 3.34. The van der Waals surface area contributed by atoms with Crippen molar-refractivity contribution in [2.45, 2.75) is 38.1 Å². The Morgan fingerprint density at radius 2 is 2.07 bits per heavy atom. The molecule has 5 rings (SSSR count). The van der Waals surface area contributed by atoms with Gasteiger partial charge in [-0.1, -0.05) is 17.3 Å². The Kier molecular flexibility index (Phi) is 4.50. The molecule has 0 spiro atoms. The molecule has 1 unspecified atom stereocenters. The Balaban J connectivity index is 1.29. The van der Waals surface area contributed by atoms with Crippen molar-refractivity contribution < 1.29 is 13.7 Å². The van der Waals surface area contributed by atoms with Gasteiger partial charge in [-0.2, -0.15) is 4.98 Å². The van der Waals surface area contributed by atoms with Crippen LogP contribution in [0.3, 0.4) is 0 Å². The third kappa shape index (κ3) is 3.66. The summed E-state index contributed by atoms with van der Waals surface area (Å²) in [5, 5.41) is 15.2. The molecule has 1 fully saturated rings. The second-order valence-electron chi connectivity index (χ2n) is 7.51. The van der Waals surface area contributed by atoms with Gasteiger partial charge in [-0.3, -0.25) is 9.20 Å². The normalized spacial score (nSPS) is 14.7. The maximum Gasteiger partial charge on any atom is 0.258 e. The van der Waals surface area contributed by atoms with E-state index >= 15 is 0 Å². The standard InChI is InChI=1S/C21H19FN6O2/c1-12(13-4-6-16(22)7-5-13)23-19(29)11-18-26-25-17-10-15(8-9-28(17)18)21-24-20(27-30-21)14-2-3-14/h4-10,12,14H,2-3,11H2,1H3,(H,23,29). The minimum Gasteiger partial charge on any atom is -0.349 e. The topological polar surface area (TPSA) is 98.2 Å². The summed E-state index contributed by atoms with van der Waals surface area (Å²) < 4.78 is 20.2. The fourth-order valence-corrected chi connectivity index (χ4v) is 3.32. The van der Waals surface area contributed by atoms with Crippen LogP contribution in [0.25, 0.3) is 17.1 Å². The minimum absolute atomic E-state index is 0.0679. The third-order valence-corrected chi connectivity index (χ3v) is 5.18. The molecule has 1 amide bonds. The summed E-state index contributed by atoms with van der Waals surface area (Å²) in [4.78, 5) is 16.9. The summed E-state index contributed by atoms with van der Waals surface area (Å²) in [5.41, 5.74) is 2.17. The van der Waals surface area contributed by atoms with Crippen LogP contribution in [0, 0.1) is 5.82 Å². The summed E-state index contributed by atoms with van der Waals surface area (Å²) in [6.07, 6.45) is 4.07. The van der Waals surface area contributed by atoms with E-state index < -0.39 is 0 Å². The van der Waals surface area contributed by atoms with Gasteiger partial charge in [-0.05, 0) is 49.6 Å². The SMILES string of the molecule is CC(NC(=O)Cc1nnc2cc(-c3nc(C4CC4)no3)ccn12)c1ccc(F)cc1. The van der Waals surface area contributed by atoms with E-state index in [2.05, 4.69) is 25.7 Å². The number of fused-ring (bicyclic) bond motifs is 1. The van der Waals surface area contributed by atoms with Crippen LogP contribution in [0.1, 0.15) is 48.9 Å². The lowest BCUT2D eigenvalue weighted by Gasteiger charge is -2.14. The van der Waals surface area contributed by atoms with Crippen molar-refractivity contribution in [1.82, 2.24) is 30.1 Å². The van der Waals surface area contributed by atoms with Crippen molar-refractivity contribution in [2.24, 2.45) is 0 Å². The summed E-state index contributed by atoms with van der Waals surface area (Å²) in [7, 11) is 0. The van der Waals surface area contributed by atoms with Gasteiger partial charge in [0.2, 0.25) is 5.91 Å². The van der Waals surface area contributed by atoms with Crippen molar-refractivity contribution in [1.29, 1.82) is 0 Å². The first-order chi connectivity index (χ1) is 14.6. The smallest absolute Gasteiger partial charge is 0.258 e. The first-order valence-corrected chi connectivity index (χ1v) is 9.79. The van der Waals surface area contributed by atoms with Crippen LogP contribution in [0.2, 0.25) is 0 Å². The minimum atomic E-state index is -0.309. The summed E-state index contributed by atoms with van der Waals surface area (Å²) in [6, 6.07) is 9.45. The van der Waals surface area contributed by atoms with Gasteiger partial charge in [-0.25, -0.2) is 4.39 Å². The van der Waals surface area contributed by atoms with Crippen LogP contribution in [0.15, 0.2) is 47.1 Å². The Labute approximate surface area is 171 Å². The second-order valence-corrected chi connectivity index (χ2v) is 7.51. The monoisotopic (exact) mass is 406 g/mol. The molecule has 9 heteroatoms. The molecule has 0 bridgehead atoms. The van der Waals surface area contributed by atoms with E-state index in [1.54, 1.807) is 28.8 Å². The fourth-order valence-electron chi connectivity index (χ4n) is 3.32. The summed E-state index contributed by atoms with van der Waals surface area (Å²) in [5.74, 6) is 1.63. The van der Waals surface area contributed by atoms with Gasteiger partial charge in [0.05, 0.1) is 12.5 Å². The highest BCUT2D eigenvalue weighted by Gasteiger charge is 2.29. The van der Waals surface area contributed by atoms with Gasteiger partial charge in [-0.15, -0.1) is 10.2 Å². The second kappa shape index (κ2) is 7.33. The number of hydrogen-bond acceptors (Lipinski definition) is 6. The number of amides is 1. The van der Waals surface area contributed by atoms with E-state index in [9.17, 15) is 9.18 Å². The number of carbonyl (C=O) groups is 1. The number of carbonyl (C=O) groups excluding carboxylic acids is 1. The summed E-state index contributed by atoms with van der Waals surface area (Å²) >= 11 is 0. The summed E-state index contributed by atoms with van der Waals surface area (Å²) in [6.45, 7) is 1.85. The molecule has 0 aliphatic heterocycles. The van der Waals surface area contributed by atoms with Crippen LogP contribution in [-0.4, -0.2) is 30.6 Å². The lowest BCUT2D eigenvalue weighted by atomic mass is 10.1. The van der Waals surface area contributed by atoms with Crippen LogP contribution in [0.5, 0.6) is 0 Å². The van der Waals surface area contributed by atoms with Crippen molar-refractivity contribution in [2.75, 3.05) is 0 Å². The number of aromatic nitrogens is 5. The zero-order chi connectivity index (χ0) is 20.7. The average molecular weight is 406 g/mol. The molecule has 152 valence electrons. The van der Waals surface area contributed by atoms with E-state index in [-0.39, 0.29) is 24.2 Å². The highest BCUT2D eigenvalue weighted by atomic mass is 19.1. The molecule has 30 heavy (non-hydrogen) atoms. The fraction of sp³-hybridized carbons (Fsp3) is 0.286. The van der Waals surface area contributed by atoms with Crippen molar-refractivity contribution in [3.63, 3.8) is 0 Å². The molecule has 1 saturated carbocycles. The molecule has 4 aromatic rings. The molecule has 0 saturated heterocycles. The molecular weight excluding hydrogens is 387 g/mol. The molecular formula is C21H19FN6O2. The maximum absolute atomic E-state index is 13.1. The molecule has 8 nitrogen and oxygen atoms in total. The van der Waals surface area contributed by atoms with Crippen LogP contribution in [-0.2, 0) is 11.2 Å². The van der Waals surface area contributed by atoms with Crippen molar-refractivity contribution >= 4 is 11.6 Å². The maximum atomic E-state index is 13.1. The van der Waals surface area contributed by atoms with E-state index in [0.717, 1.165) is 29.8 Å². The van der Waals surface area contributed by atoms with E-state index in [1.807, 2.05) is 13.0 Å². The zero-order valence-corrected chi connectivity index (χ0v) is 16.2. The molecule has 0 radical (unpaired) electrons. The van der Waals surface area contributed by atoms with Crippen molar-refractivity contribution in [3.05, 3.63) is 65.6 Å². The Morgan fingerprint density at radius 3 is 2.83 bits per heavy atom. The molecule has 1 atom stereocenters. The van der Waals surface area contributed by atoms with Gasteiger partial charge in [0.15, 0.2) is 11.5 Å². The lowest BCUT2D eigenvalue weighted by molar-refractivity contribution is -0.121. The molecule has 1 aliphatic carbocycles. The highest BCUT2D eigenvalue weighted by Crippen LogP contribution is 2.38. The number of pyridine rings is 1. The van der Waals surface area contributed by atoms with E-state index in [1.165, 1.54) is 12.1 Å². The van der Waals surface area contributed by atoms with Gasteiger partial charge < -0.3 is 9.84 Å². The van der Waals surface area contributed by atoms with Crippen LogP contribution >= 0.6 is 0 Å². The number of hydrogen-bond donors (Lipinski definition) is 1. The number of nitrogens with zero attached hydrogens (tertiary/aromatic N) is 5. The van der Waals surface area contributed by atoms with E-state index in [4.69, 9.17) is 4.52 Å². The van der Waals surface area contributed by atoms with Crippen LogP contribution in [0.4, 0.5) is 4.39 Å².